The monoisotopic (exact) mass is 179 g/mol. The number of hydrogen-bond acceptors (Lipinski definition) is 3. The summed E-state index contributed by atoms with van der Waals surface area (Å²) in [4.78, 5) is 0. The van der Waals surface area contributed by atoms with Gasteiger partial charge in [0.2, 0.25) is 0 Å². The molecule has 0 radical (unpaired) electrons. The van der Waals surface area contributed by atoms with E-state index in [1.807, 2.05) is 18.2 Å². The molecule has 3 N–H and O–H groups in total. The summed E-state index contributed by atoms with van der Waals surface area (Å²) in [5.74, 6) is 0.795. The van der Waals surface area contributed by atoms with Gasteiger partial charge in [-0.2, -0.15) is 0 Å². The zero-order valence-electron chi connectivity index (χ0n) is 7.53. The first-order chi connectivity index (χ1) is 6.22. The molecule has 0 bridgehead atoms. The van der Waals surface area contributed by atoms with Gasteiger partial charge in [0.25, 0.3) is 0 Å². The van der Waals surface area contributed by atoms with Crippen LogP contribution in [0.4, 0.5) is 0 Å². The maximum Gasteiger partial charge on any atom is 0.119 e. The van der Waals surface area contributed by atoms with E-state index >= 15 is 0 Å². The average Bonchev–Trinajstić information content (AvgIpc) is 2.43. The highest BCUT2D eigenvalue weighted by atomic mass is 16.5. The van der Waals surface area contributed by atoms with E-state index < -0.39 is 6.10 Å². The van der Waals surface area contributed by atoms with Crippen molar-refractivity contribution in [2.45, 2.75) is 18.6 Å². The van der Waals surface area contributed by atoms with E-state index in [9.17, 15) is 5.11 Å². The van der Waals surface area contributed by atoms with E-state index in [4.69, 9.17) is 10.5 Å². The number of methoxy groups -OCH3 is 1. The molecule has 0 saturated heterocycles. The minimum absolute atomic E-state index is 0.259. The lowest BCUT2D eigenvalue weighted by molar-refractivity contribution is 0.158. The van der Waals surface area contributed by atoms with Gasteiger partial charge in [0, 0.05) is 6.42 Å². The second-order valence-electron chi connectivity index (χ2n) is 3.36. The van der Waals surface area contributed by atoms with Crippen LogP contribution in [-0.4, -0.2) is 18.3 Å². The first-order valence-corrected chi connectivity index (χ1v) is 4.33. The van der Waals surface area contributed by atoms with Crippen LogP contribution in [-0.2, 0) is 6.42 Å². The van der Waals surface area contributed by atoms with Crippen molar-refractivity contribution in [3.05, 3.63) is 29.3 Å². The van der Waals surface area contributed by atoms with Crippen LogP contribution in [0, 0.1) is 0 Å². The average molecular weight is 179 g/mol. The quantitative estimate of drug-likeness (QED) is 0.664. The molecule has 2 unspecified atom stereocenters. The molecule has 0 fully saturated rings. The van der Waals surface area contributed by atoms with Crippen molar-refractivity contribution in [3.8, 4) is 5.75 Å². The van der Waals surface area contributed by atoms with Crippen LogP contribution in [0.5, 0.6) is 5.75 Å². The molecule has 2 rings (SSSR count). The molecule has 1 aliphatic rings. The van der Waals surface area contributed by atoms with Gasteiger partial charge < -0.3 is 15.6 Å². The van der Waals surface area contributed by atoms with E-state index in [0.29, 0.717) is 6.42 Å². The van der Waals surface area contributed by atoms with Gasteiger partial charge in [-0.25, -0.2) is 0 Å². The molecular formula is C10H13NO2. The molecule has 1 aliphatic carbocycles. The lowest BCUT2D eigenvalue weighted by atomic mass is 10.1. The van der Waals surface area contributed by atoms with Gasteiger partial charge in [-0.3, -0.25) is 0 Å². The molecule has 1 aromatic carbocycles. The Morgan fingerprint density at radius 3 is 3.00 bits per heavy atom. The standard InChI is InChI=1S/C10H13NO2/c1-13-7-3-2-6-4-9(12)10(11)8(6)5-7/h2-3,5,9-10,12H,4,11H2,1H3. The Morgan fingerprint density at radius 1 is 1.54 bits per heavy atom. The van der Waals surface area contributed by atoms with Crippen molar-refractivity contribution in [1.29, 1.82) is 0 Å². The number of aliphatic hydroxyl groups is 1. The van der Waals surface area contributed by atoms with Crippen LogP contribution in [0.15, 0.2) is 18.2 Å². The summed E-state index contributed by atoms with van der Waals surface area (Å²) in [6.07, 6.45) is 0.211. The van der Waals surface area contributed by atoms with Crippen LogP contribution in [0.2, 0.25) is 0 Å². The number of aliphatic hydroxyl groups excluding tert-OH is 1. The van der Waals surface area contributed by atoms with Crippen molar-refractivity contribution in [1.82, 2.24) is 0 Å². The molecule has 0 heterocycles. The normalized spacial score (nSPS) is 25.8. The summed E-state index contributed by atoms with van der Waals surface area (Å²) in [6.45, 7) is 0. The number of rotatable bonds is 1. The van der Waals surface area contributed by atoms with Crippen LogP contribution < -0.4 is 10.5 Å². The minimum atomic E-state index is -0.442. The van der Waals surface area contributed by atoms with Crippen molar-refractivity contribution in [3.63, 3.8) is 0 Å². The Bertz CT molecular complexity index is 325. The molecule has 3 heteroatoms. The molecule has 0 saturated carbocycles. The minimum Gasteiger partial charge on any atom is -0.497 e. The molecule has 2 atom stereocenters. The third-order valence-electron chi connectivity index (χ3n) is 2.56. The smallest absolute Gasteiger partial charge is 0.119 e. The van der Waals surface area contributed by atoms with E-state index in [1.54, 1.807) is 7.11 Å². The Balaban J connectivity index is 2.42. The molecule has 0 spiro atoms. The van der Waals surface area contributed by atoms with E-state index in [2.05, 4.69) is 0 Å². The summed E-state index contributed by atoms with van der Waals surface area (Å²) in [5, 5.41) is 9.52. The number of nitrogens with two attached hydrogens (primary N) is 1. The summed E-state index contributed by atoms with van der Waals surface area (Å²) in [7, 11) is 1.62. The summed E-state index contributed by atoms with van der Waals surface area (Å²) in [6, 6.07) is 5.49. The van der Waals surface area contributed by atoms with E-state index in [1.165, 1.54) is 0 Å². The predicted octanol–water partition coefficient (Wildman–Crippen LogP) is 0.612. The molecule has 0 aromatic heterocycles. The summed E-state index contributed by atoms with van der Waals surface area (Å²) >= 11 is 0. The molecule has 0 aliphatic heterocycles. The largest absolute Gasteiger partial charge is 0.497 e. The summed E-state index contributed by atoms with van der Waals surface area (Å²) < 4.78 is 5.09. The van der Waals surface area contributed by atoms with Crippen LogP contribution >= 0.6 is 0 Å². The predicted molar refractivity (Wildman–Crippen MR) is 49.6 cm³/mol. The zero-order valence-corrected chi connectivity index (χ0v) is 7.53. The fourth-order valence-corrected chi connectivity index (χ4v) is 1.76. The molecule has 13 heavy (non-hydrogen) atoms. The first-order valence-electron chi connectivity index (χ1n) is 4.33. The second kappa shape index (κ2) is 3.01. The molecule has 3 nitrogen and oxygen atoms in total. The lowest BCUT2D eigenvalue weighted by Crippen LogP contribution is -2.21. The molecular weight excluding hydrogens is 166 g/mol. The van der Waals surface area contributed by atoms with Crippen molar-refractivity contribution >= 4 is 0 Å². The number of fused-ring (bicyclic) bond motifs is 1. The summed E-state index contributed by atoms with van der Waals surface area (Å²) in [5.41, 5.74) is 7.94. The second-order valence-corrected chi connectivity index (χ2v) is 3.36. The van der Waals surface area contributed by atoms with Crippen LogP contribution in [0.1, 0.15) is 17.2 Å². The third-order valence-corrected chi connectivity index (χ3v) is 2.56. The van der Waals surface area contributed by atoms with Gasteiger partial charge in [-0.1, -0.05) is 6.07 Å². The van der Waals surface area contributed by atoms with E-state index in [0.717, 1.165) is 16.9 Å². The highest BCUT2D eigenvalue weighted by Crippen LogP contribution is 2.32. The number of benzene rings is 1. The van der Waals surface area contributed by atoms with Gasteiger partial charge in [0.05, 0.1) is 19.3 Å². The van der Waals surface area contributed by atoms with E-state index in [-0.39, 0.29) is 6.04 Å². The highest BCUT2D eigenvalue weighted by Gasteiger charge is 2.27. The number of ether oxygens (including phenoxy) is 1. The van der Waals surface area contributed by atoms with Gasteiger partial charge >= 0.3 is 0 Å². The molecule has 0 amide bonds. The fourth-order valence-electron chi connectivity index (χ4n) is 1.76. The van der Waals surface area contributed by atoms with Gasteiger partial charge in [0.15, 0.2) is 0 Å². The first kappa shape index (κ1) is 8.53. The van der Waals surface area contributed by atoms with Crippen molar-refractivity contribution < 1.29 is 9.84 Å². The Hall–Kier alpha value is -1.06. The molecule has 70 valence electrons. The molecule has 1 aromatic rings. The Kier molecular flexibility index (Phi) is 1.98. The van der Waals surface area contributed by atoms with Gasteiger partial charge in [-0.15, -0.1) is 0 Å². The zero-order chi connectivity index (χ0) is 9.42. The van der Waals surface area contributed by atoms with Gasteiger partial charge in [-0.05, 0) is 23.3 Å². The number of hydrogen-bond donors (Lipinski definition) is 2. The maximum absolute atomic E-state index is 9.52. The Labute approximate surface area is 77.1 Å². The maximum atomic E-state index is 9.52. The highest BCUT2D eigenvalue weighted by molar-refractivity contribution is 5.41. The SMILES string of the molecule is COc1ccc2c(c1)C(N)C(O)C2. The topological polar surface area (TPSA) is 55.5 Å². The van der Waals surface area contributed by atoms with Gasteiger partial charge in [0.1, 0.15) is 5.75 Å². The Morgan fingerprint density at radius 2 is 2.31 bits per heavy atom. The third kappa shape index (κ3) is 1.30. The van der Waals surface area contributed by atoms with Crippen LogP contribution in [0.25, 0.3) is 0 Å². The fraction of sp³-hybridized carbons (Fsp3) is 0.400. The van der Waals surface area contributed by atoms with Crippen molar-refractivity contribution in [2.75, 3.05) is 7.11 Å². The van der Waals surface area contributed by atoms with Crippen LogP contribution in [0.3, 0.4) is 0 Å². The van der Waals surface area contributed by atoms with Crippen molar-refractivity contribution in [2.24, 2.45) is 5.73 Å². The lowest BCUT2D eigenvalue weighted by Gasteiger charge is -2.09.